The van der Waals surface area contributed by atoms with Crippen LogP contribution in [0.2, 0.25) is 0 Å². The molecule has 1 saturated heterocycles. The molecule has 1 aliphatic rings. The van der Waals surface area contributed by atoms with Crippen LogP contribution in [-0.2, 0) is 14.8 Å². The average molecular weight is 428 g/mol. The summed E-state index contributed by atoms with van der Waals surface area (Å²) in [4.78, 5) is 23.4. The molecule has 1 heterocycles. The molecule has 3 N–H and O–H groups in total. The minimum atomic E-state index is -3.49. The molecule has 1 aliphatic heterocycles. The van der Waals surface area contributed by atoms with Crippen LogP contribution in [0, 0.1) is 0 Å². The van der Waals surface area contributed by atoms with E-state index >= 15 is 0 Å². The first-order valence-electron chi connectivity index (χ1n) is 9.85. The summed E-state index contributed by atoms with van der Waals surface area (Å²) in [5, 5.41) is 2.68. The number of nitrogens with zero attached hydrogens (tertiary/aromatic N) is 1. The highest BCUT2D eigenvalue weighted by Gasteiger charge is 2.24. The second-order valence-electron chi connectivity index (χ2n) is 7.15. The Morgan fingerprint density at radius 2 is 1.50 bits per heavy atom. The van der Waals surface area contributed by atoms with Crippen LogP contribution in [0.1, 0.15) is 41.6 Å². The lowest BCUT2D eigenvalue weighted by Crippen LogP contribution is -2.31. The van der Waals surface area contributed by atoms with E-state index in [-0.39, 0.29) is 10.8 Å². The molecule has 0 radical (unpaired) electrons. The van der Waals surface area contributed by atoms with Gasteiger partial charge in [-0.1, -0.05) is 25.0 Å². The molecule has 0 bridgehead atoms. The van der Waals surface area contributed by atoms with E-state index in [1.807, 2.05) is 0 Å². The lowest BCUT2D eigenvalue weighted by atomic mass is 10.2. The Morgan fingerprint density at radius 3 is 2.07 bits per heavy atom. The molecular formula is C22H25N3O4S. The number of benzene rings is 2. The highest BCUT2D eigenvalue weighted by Crippen LogP contribution is 2.21. The zero-order chi connectivity index (χ0) is 21.6. The number of carbonyl (C=O) groups excluding carboxylic acids is 2. The maximum Gasteiger partial charge on any atom is 0.248 e. The minimum absolute atomic E-state index is 0.264. The smallest absolute Gasteiger partial charge is 0.248 e. The van der Waals surface area contributed by atoms with Gasteiger partial charge in [-0.15, -0.1) is 0 Å². The number of nitrogens with one attached hydrogen (secondary N) is 1. The van der Waals surface area contributed by atoms with Crippen LogP contribution < -0.4 is 11.1 Å². The number of anilines is 1. The van der Waals surface area contributed by atoms with Gasteiger partial charge in [0.1, 0.15) is 0 Å². The van der Waals surface area contributed by atoms with Crippen LogP contribution in [0.25, 0.3) is 6.08 Å². The number of carbonyl (C=O) groups is 2. The normalized spacial score (nSPS) is 15.6. The first-order valence-corrected chi connectivity index (χ1v) is 11.3. The van der Waals surface area contributed by atoms with Gasteiger partial charge in [0.05, 0.1) is 4.90 Å². The van der Waals surface area contributed by atoms with Gasteiger partial charge in [0.25, 0.3) is 0 Å². The van der Waals surface area contributed by atoms with E-state index in [1.165, 1.54) is 18.2 Å². The van der Waals surface area contributed by atoms with Crippen molar-refractivity contribution in [2.75, 3.05) is 18.4 Å². The van der Waals surface area contributed by atoms with Crippen LogP contribution in [0.4, 0.5) is 5.69 Å². The van der Waals surface area contributed by atoms with Crippen LogP contribution in [0.15, 0.2) is 59.5 Å². The standard InChI is InChI=1S/C22H25N3O4S/c23-22(27)18-8-10-19(11-9-18)24-21(26)14-7-17-5-12-20(13-6-17)30(28,29)25-15-3-1-2-4-16-25/h5-14H,1-4,15-16H2,(H2,23,27)(H,24,26)/b14-7+. The number of nitrogens with two attached hydrogens (primary N) is 1. The zero-order valence-electron chi connectivity index (χ0n) is 16.6. The third-order valence-electron chi connectivity index (χ3n) is 4.95. The van der Waals surface area contributed by atoms with E-state index in [2.05, 4.69) is 5.32 Å². The molecule has 0 atom stereocenters. The van der Waals surface area contributed by atoms with E-state index < -0.39 is 15.9 Å². The van der Waals surface area contributed by atoms with Gasteiger partial charge in [0.15, 0.2) is 0 Å². The van der Waals surface area contributed by atoms with E-state index in [0.717, 1.165) is 25.7 Å². The first kappa shape index (κ1) is 21.7. The Kier molecular flexibility index (Phi) is 7.02. The van der Waals surface area contributed by atoms with E-state index in [0.29, 0.717) is 29.9 Å². The van der Waals surface area contributed by atoms with Crippen molar-refractivity contribution >= 4 is 33.6 Å². The Hall–Kier alpha value is -2.97. The fourth-order valence-electron chi connectivity index (χ4n) is 3.26. The predicted molar refractivity (Wildman–Crippen MR) is 116 cm³/mol. The molecule has 158 valence electrons. The average Bonchev–Trinajstić information content (AvgIpc) is 3.03. The maximum atomic E-state index is 12.8. The molecule has 8 heteroatoms. The Balaban J connectivity index is 1.62. The van der Waals surface area contributed by atoms with E-state index in [1.54, 1.807) is 46.8 Å². The SMILES string of the molecule is NC(=O)c1ccc(NC(=O)/C=C/c2ccc(S(=O)(=O)N3CCCCCC3)cc2)cc1. The van der Waals surface area contributed by atoms with Crippen LogP contribution >= 0.6 is 0 Å². The molecule has 0 unspecified atom stereocenters. The van der Waals surface area contributed by atoms with Crippen LogP contribution in [0.5, 0.6) is 0 Å². The van der Waals surface area contributed by atoms with Gasteiger partial charge < -0.3 is 11.1 Å². The number of hydrogen-bond acceptors (Lipinski definition) is 4. The first-order chi connectivity index (χ1) is 14.4. The van der Waals surface area contributed by atoms with Crippen LogP contribution in [-0.4, -0.2) is 37.6 Å². The topological polar surface area (TPSA) is 110 Å². The van der Waals surface area contributed by atoms with Gasteiger partial charge in [-0.25, -0.2) is 8.42 Å². The summed E-state index contributed by atoms with van der Waals surface area (Å²) < 4.78 is 27.2. The number of rotatable bonds is 6. The number of sulfonamides is 1. The summed E-state index contributed by atoms with van der Waals surface area (Å²) in [6.45, 7) is 1.12. The molecule has 0 aromatic heterocycles. The van der Waals surface area contributed by atoms with Gasteiger partial charge in [0, 0.05) is 30.4 Å². The highest BCUT2D eigenvalue weighted by molar-refractivity contribution is 7.89. The van der Waals surface area contributed by atoms with Crippen molar-refractivity contribution in [1.82, 2.24) is 4.31 Å². The summed E-state index contributed by atoms with van der Waals surface area (Å²) >= 11 is 0. The minimum Gasteiger partial charge on any atom is -0.366 e. The van der Waals surface area contributed by atoms with Crippen molar-refractivity contribution in [2.24, 2.45) is 5.73 Å². The van der Waals surface area contributed by atoms with Crippen molar-refractivity contribution in [3.05, 3.63) is 65.7 Å². The molecule has 7 nitrogen and oxygen atoms in total. The summed E-state index contributed by atoms with van der Waals surface area (Å²) in [7, 11) is -3.49. The quantitative estimate of drug-likeness (QED) is 0.691. The lowest BCUT2D eigenvalue weighted by molar-refractivity contribution is -0.111. The largest absolute Gasteiger partial charge is 0.366 e. The highest BCUT2D eigenvalue weighted by atomic mass is 32.2. The van der Waals surface area contributed by atoms with Crippen molar-refractivity contribution < 1.29 is 18.0 Å². The second kappa shape index (κ2) is 9.69. The second-order valence-corrected chi connectivity index (χ2v) is 9.09. The van der Waals surface area contributed by atoms with Gasteiger partial charge in [-0.2, -0.15) is 4.31 Å². The van der Waals surface area contributed by atoms with Gasteiger partial charge in [-0.3, -0.25) is 9.59 Å². The Bertz CT molecular complexity index is 1020. The van der Waals surface area contributed by atoms with Crippen molar-refractivity contribution in [2.45, 2.75) is 30.6 Å². The molecule has 30 heavy (non-hydrogen) atoms. The van der Waals surface area contributed by atoms with Gasteiger partial charge in [0.2, 0.25) is 21.8 Å². The summed E-state index contributed by atoms with van der Waals surface area (Å²) in [5.74, 6) is -0.878. The van der Waals surface area contributed by atoms with Crippen LogP contribution in [0.3, 0.4) is 0 Å². The predicted octanol–water partition coefficient (Wildman–Crippen LogP) is 3.00. The fourth-order valence-corrected chi connectivity index (χ4v) is 4.77. The van der Waals surface area contributed by atoms with Crippen molar-refractivity contribution in [3.8, 4) is 0 Å². The van der Waals surface area contributed by atoms with Crippen molar-refractivity contribution in [1.29, 1.82) is 0 Å². The van der Waals surface area contributed by atoms with E-state index in [4.69, 9.17) is 5.73 Å². The molecule has 0 spiro atoms. The lowest BCUT2D eigenvalue weighted by Gasteiger charge is -2.19. The molecule has 2 aromatic carbocycles. The molecule has 1 fully saturated rings. The molecule has 3 rings (SSSR count). The summed E-state index contributed by atoms with van der Waals surface area (Å²) in [5.41, 5.74) is 6.79. The number of amides is 2. The monoisotopic (exact) mass is 427 g/mol. The van der Waals surface area contributed by atoms with Gasteiger partial charge in [-0.05, 0) is 60.9 Å². The number of primary amides is 1. The fraction of sp³-hybridized carbons (Fsp3) is 0.273. The molecule has 0 aliphatic carbocycles. The Labute approximate surface area is 176 Å². The molecular weight excluding hydrogens is 402 g/mol. The maximum absolute atomic E-state index is 12.8. The third kappa shape index (κ3) is 5.55. The van der Waals surface area contributed by atoms with E-state index in [9.17, 15) is 18.0 Å². The molecule has 2 aromatic rings. The molecule has 0 saturated carbocycles. The molecule has 2 amide bonds. The third-order valence-corrected chi connectivity index (χ3v) is 6.86. The summed E-state index contributed by atoms with van der Waals surface area (Å²) in [6.07, 6.45) is 6.87. The zero-order valence-corrected chi connectivity index (χ0v) is 17.4. The Morgan fingerprint density at radius 1 is 0.900 bits per heavy atom. The van der Waals surface area contributed by atoms with Gasteiger partial charge >= 0.3 is 0 Å². The number of hydrogen-bond donors (Lipinski definition) is 2. The summed E-state index contributed by atoms with van der Waals surface area (Å²) in [6, 6.07) is 12.7. The van der Waals surface area contributed by atoms with Crippen molar-refractivity contribution in [3.63, 3.8) is 0 Å².